The number of amides is 1. The van der Waals surface area contributed by atoms with Gasteiger partial charge in [0.15, 0.2) is 0 Å². The molecule has 1 aromatic carbocycles. The molecule has 1 amide bonds. The van der Waals surface area contributed by atoms with Crippen LogP contribution < -0.4 is 5.32 Å². The summed E-state index contributed by atoms with van der Waals surface area (Å²) in [7, 11) is -3.44. The number of hydrogen-bond acceptors (Lipinski definition) is 3. The maximum atomic E-state index is 13.6. The average Bonchev–Trinajstić information content (AvgIpc) is 3.00. The largest absolute Gasteiger partial charge is 0.353 e. The highest BCUT2D eigenvalue weighted by Gasteiger charge is 2.21. The molecule has 0 aliphatic heterocycles. The Bertz CT molecular complexity index is 658. The van der Waals surface area contributed by atoms with E-state index in [2.05, 4.69) is 5.32 Å². The van der Waals surface area contributed by atoms with Crippen LogP contribution in [-0.2, 0) is 21.2 Å². The van der Waals surface area contributed by atoms with Gasteiger partial charge in [-0.3, -0.25) is 4.79 Å². The topological polar surface area (TPSA) is 66.5 Å². The second-order valence-electron chi connectivity index (χ2n) is 6.30. The highest BCUT2D eigenvalue weighted by atomic mass is 32.2. The quantitative estimate of drug-likeness (QED) is 0.775. The Hall–Kier alpha value is -1.47. The zero-order chi connectivity index (χ0) is 17.6. The zero-order valence-electron chi connectivity index (χ0n) is 14.0. The number of halogens is 1. The molecule has 0 saturated heterocycles. The molecule has 0 bridgehead atoms. The molecule has 2 rings (SSSR count). The van der Waals surface area contributed by atoms with Crippen LogP contribution in [0, 0.1) is 5.82 Å². The molecule has 7 heteroatoms. The maximum absolute atomic E-state index is 13.6. The van der Waals surface area contributed by atoms with Crippen LogP contribution in [0.2, 0.25) is 0 Å². The van der Waals surface area contributed by atoms with Crippen LogP contribution in [0.3, 0.4) is 0 Å². The fourth-order valence-corrected chi connectivity index (χ4v) is 3.83. The smallest absolute Gasteiger partial charge is 0.221 e. The lowest BCUT2D eigenvalue weighted by Gasteiger charge is -2.20. The van der Waals surface area contributed by atoms with E-state index in [9.17, 15) is 17.6 Å². The van der Waals surface area contributed by atoms with Gasteiger partial charge in [0.1, 0.15) is 5.82 Å². The normalized spacial score (nSPS) is 15.8. The fourth-order valence-electron chi connectivity index (χ4n) is 2.99. The predicted octanol–water partition coefficient (Wildman–Crippen LogP) is 2.08. The third-order valence-corrected chi connectivity index (χ3v) is 5.67. The van der Waals surface area contributed by atoms with Gasteiger partial charge in [-0.05, 0) is 30.9 Å². The van der Waals surface area contributed by atoms with Gasteiger partial charge in [0, 0.05) is 25.6 Å². The van der Waals surface area contributed by atoms with Crippen molar-refractivity contribution in [3.05, 3.63) is 35.6 Å². The summed E-state index contributed by atoms with van der Waals surface area (Å²) in [6, 6.07) is 6.54. The van der Waals surface area contributed by atoms with E-state index in [0.717, 1.165) is 31.9 Å². The molecule has 1 aliphatic rings. The van der Waals surface area contributed by atoms with Crippen LogP contribution in [0.1, 0.15) is 37.7 Å². The van der Waals surface area contributed by atoms with E-state index in [4.69, 9.17) is 0 Å². The summed E-state index contributed by atoms with van der Waals surface area (Å²) >= 11 is 0. The minimum atomic E-state index is -3.44. The monoisotopic (exact) mass is 356 g/mol. The number of carbonyl (C=O) groups is 1. The van der Waals surface area contributed by atoms with Crippen molar-refractivity contribution >= 4 is 15.9 Å². The number of nitrogens with zero attached hydrogens (tertiary/aromatic N) is 1. The molecule has 5 nitrogen and oxygen atoms in total. The van der Waals surface area contributed by atoms with Crippen LogP contribution in [0.4, 0.5) is 4.39 Å². The lowest BCUT2D eigenvalue weighted by Crippen LogP contribution is -2.38. The zero-order valence-corrected chi connectivity index (χ0v) is 14.8. The molecule has 1 aliphatic carbocycles. The molecule has 134 valence electrons. The van der Waals surface area contributed by atoms with Crippen LogP contribution in [0.5, 0.6) is 0 Å². The van der Waals surface area contributed by atoms with E-state index in [1.807, 2.05) is 0 Å². The molecule has 0 unspecified atom stereocenters. The Morgan fingerprint density at radius 2 is 1.92 bits per heavy atom. The second kappa shape index (κ2) is 8.58. The van der Waals surface area contributed by atoms with Gasteiger partial charge in [-0.1, -0.05) is 31.0 Å². The Morgan fingerprint density at radius 3 is 2.54 bits per heavy atom. The Morgan fingerprint density at radius 1 is 1.25 bits per heavy atom. The molecule has 0 aromatic heterocycles. The van der Waals surface area contributed by atoms with Gasteiger partial charge >= 0.3 is 0 Å². The van der Waals surface area contributed by atoms with Gasteiger partial charge in [-0.15, -0.1) is 0 Å². The van der Waals surface area contributed by atoms with E-state index in [1.54, 1.807) is 18.2 Å². The first-order valence-corrected chi connectivity index (χ1v) is 10.2. The van der Waals surface area contributed by atoms with Crippen molar-refractivity contribution in [1.29, 1.82) is 0 Å². The number of rotatable bonds is 8. The third kappa shape index (κ3) is 5.87. The van der Waals surface area contributed by atoms with Crippen molar-refractivity contribution in [2.24, 2.45) is 0 Å². The molecule has 0 spiro atoms. The van der Waals surface area contributed by atoms with Gasteiger partial charge < -0.3 is 5.32 Å². The van der Waals surface area contributed by atoms with Crippen LogP contribution >= 0.6 is 0 Å². The first-order valence-electron chi connectivity index (χ1n) is 8.34. The fraction of sp³-hybridized carbons (Fsp3) is 0.588. The molecule has 0 atom stereocenters. The Balaban J connectivity index is 1.86. The van der Waals surface area contributed by atoms with Crippen molar-refractivity contribution in [2.45, 2.75) is 44.6 Å². The maximum Gasteiger partial charge on any atom is 0.221 e. The second-order valence-corrected chi connectivity index (χ2v) is 8.28. The lowest BCUT2D eigenvalue weighted by molar-refractivity contribution is -0.121. The first-order chi connectivity index (χ1) is 11.4. The first kappa shape index (κ1) is 18.9. The van der Waals surface area contributed by atoms with Gasteiger partial charge in [0.05, 0.1) is 6.26 Å². The van der Waals surface area contributed by atoms with Gasteiger partial charge in [0.2, 0.25) is 15.9 Å². The summed E-state index contributed by atoms with van der Waals surface area (Å²) in [6.45, 7) is 0.280. The number of sulfonamides is 1. The third-order valence-electron chi connectivity index (χ3n) is 4.37. The standard InChI is InChI=1S/C17H25FN2O3S/c1-24(22,23)20(12-10-14-6-2-5-9-16(14)18)13-11-17(21)19-15-7-3-4-8-15/h2,5-6,9,15H,3-4,7-8,10-13H2,1H3,(H,19,21). The van der Waals surface area contributed by atoms with Crippen LogP contribution in [-0.4, -0.2) is 44.0 Å². The minimum absolute atomic E-state index is 0.117. The highest BCUT2D eigenvalue weighted by Crippen LogP contribution is 2.17. The van der Waals surface area contributed by atoms with Gasteiger partial charge in [-0.25, -0.2) is 17.1 Å². The minimum Gasteiger partial charge on any atom is -0.353 e. The Kier molecular flexibility index (Phi) is 6.74. The van der Waals surface area contributed by atoms with Gasteiger partial charge in [0.25, 0.3) is 0 Å². The van der Waals surface area contributed by atoms with E-state index >= 15 is 0 Å². The van der Waals surface area contributed by atoms with E-state index < -0.39 is 10.0 Å². The molecular formula is C17H25FN2O3S. The summed E-state index contributed by atoms with van der Waals surface area (Å²) in [4.78, 5) is 12.0. The van der Waals surface area contributed by atoms with E-state index in [1.165, 1.54) is 10.4 Å². The predicted molar refractivity (Wildman–Crippen MR) is 91.5 cm³/mol. The van der Waals surface area contributed by atoms with Gasteiger partial charge in [-0.2, -0.15) is 0 Å². The summed E-state index contributed by atoms with van der Waals surface area (Å²) in [5, 5.41) is 2.95. The lowest BCUT2D eigenvalue weighted by atomic mass is 10.1. The summed E-state index contributed by atoms with van der Waals surface area (Å²) in [5.74, 6) is -0.466. The number of benzene rings is 1. The summed E-state index contributed by atoms with van der Waals surface area (Å²) < 4.78 is 38.7. The van der Waals surface area contributed by atoms with E-state index in [-0.39, 0.29) is 43.7 Å². The Labute approximate surface area is 143 Å². The van der Waals surface area contributed by atoms with Crippen molar-refractivity contribution in [2.75, 3.05) is 19.3 Å². The number of nitrogens with one attached hydrogen (secondary N) is 1. The molecule has 1 N–H and O–H groups in total. The molecule has 1 saturated carbocycles. The summed E-state index contributed by atoms with van der Waals surface area (Å²) in [5.41, 5.74) is 0.474. The number of carbonyl (C=O) groups excluding carboxylic acids is 1. The molecule has 24 heavy (non-hydrogen) atoms. The molecular weight excluding hydrogens is 331 g/mol. The molecule has 0 radical (unpaired) electrons. The SMILES string of the molecule is CS(=O)(=O)N(CCC(=O)NC1CCCC1)CCc1ccccc1F. The number of hydrogen-bond donors (Lipinski definition) is 1. The van der Waals surface area contributed by atoms with Crippen molar-refractivity contribution < 1.29 is 17.6 Å². The van der Waals surface area contributed by atoms with Crippen LogP contribution in [0.15, 0.2) is 24.3 Å². The highest BCUT2D eigenvalue weighted by molar-refractivity contribution is 7.88. The summed E-state index contributed by atoms with van der Waals surface area (Å²) in [6.07, 6.45) is 5.77. The van der Waals surface area contributed by atoms with Crippen molar-refractivity contribution in [3.8, 4) is 0 Å². The molecule has 1 aromatic rings. The van der Waals surface area contributed by atoms with Crippen molar-refractivity contribution in [3.63, 3.8) is 0 Å². The van der Waals surface area contributed by atoms with E-state index in [0.29, 0.717) is 5.56 Å². The van der Waals surface area contributed by atoms with Crippen LogP contribution in [0.25, 0.3) is 0 Å². The molecule has 1 fully saturated rings. The average molecular weight is 356 g/mol. The molecule has 0 heterocycles. The van der Waals surface area contributed by atoms with Crippen molar-refractivity contribution in [1.82, 2.24) is 9.62 Å².